The molecule has 0 fully saturated rings. The highest BCUT2D eigenvalue weighted by Crippen LogP contribution is 2.40. The van der Waals surface area contributed by atoms with Gasteiger partial charge in [0.15, 0.2) is 11.5 Å². The Bertz CT molecular complexity index is 1030. The van der Waals surface area contributed by atoms with Crippen molar-refractivity contribution in [2.45, 2.75) is 45.9 Å². The van der Waals surface area contributed by atoms with E-state index in [1.807, 2.05) is 6.92 Å². The van der Waals surface area contributed by atoms with Gasteiger partial charge in [0, 0.05) is 16.8 Å². The van der Waals surface area contributed by atoms with Gasteiger partial charge in [-0.15, -0.1) is 0 Å². The van der Waals surface area contributed by atoms with Crippen LogP contribution in [0.15, 0.2) is 53.7 Å². The smallest absolute Gasteiger partial charge is 0.338 e. The number of urea groups is 1. The Morgan fingerprint density at radius 1 is 1.16 bits per heavy atom. The predicted molar refractivity (Wildman–Crippen MR) is 117 cm³/mol. The lowest BCUT2D eigenvalue weighted by atomic mass is 9.93. The van der Waals surface area contributed by atoms with E-state index < -0.39 is 23.9 Å². The number of allylic oxidation sites excluding steroid dienone is 1. The van der Waals surface area contributed by atoms with Crippen LogP contribution in [0.4, 0.5) is 9.18 Å². The normalized spacial score (nSPS) is 15.8. The van der Waals surface area contributed by atoms with Gasteiger partial charge in [-0.1, -0.05) is 37.3 Å². The number of hydrogen-bond donors (Lipinski definition) is 2. The van der Waals surface area contributed by atoms with Gasteiger partial charge in [-0.05, 0) is 32.4 Å². The highest BCUT2D eigenvalue weighted by Gasteiger charge is 2.36. The molecule has 1 heterocycles. The number of esters is 1. The molecule has 8 heteroatoms. The number of methoxy groups -OCH3 is 1. The number of benzene rings is 2. The minimum absolute atomic E-state index is 0.0604. The zero-order chi connectivity index (χ0) is 23.3. The van der Waals surface area contributed by atoms with Gasteiger partial charge < -0.3 is 24.8 Å². The summed E-state index contributed by atoms with van der Waals surface area (Å²) in [6.45, 7) is 5.28. The van der Waals surface area contributed by atoms with Crippen LogP contribution in [0, 0.1) is 5.82 Å². The van der Waals surface area contributed by atoms with Gasteiger partial charge in [0.1, 0.15) is 12.4 Å². The van der Waals surface area contributed by atoms with Crippen LogP contribution in [0.1, 0.15) is 44.4 Å². The first-order valence-electron chi connectivity index (χ1n) is 10.4. The van der Waals surface area contributed by atoms with Crippen molar-refractivity contribution in [3.05, 3.63) is 70.7 Å². The molecule has 0 bridgehead atoms. The van der Waals surface area contributed by atoms with Crippen LogP contribution in [0.25, 0.3) is 0 Å². The van der Waals surface area contributed by atoms with Gasteiger partial charge >= 0.3 is 12.0 Å². The molecule has 1 unspecified atom stereocenters. The average Bonchev–Trinajstić information content (AvgIpc) is 2.77. The molecule has 0 spiro atoms. The lowest BCUT2D eigenvalue weighted by Crippen LogP contribution is -2.46. The van der Waals surface area contributed by atoms with E-state index >= 15 is 0 Å². The average molecular weight is 442 g/mol. The summed E-state index contributed by atoms with van der Waals surface area (Å²) in [4.78, 5) is 25.3. The number of hydrogen-bond acceptors (Lipinski definition) is 5. The van der Waals surface area contributed by atoms with Crippen LogP contribution >= 0.6 is 0 Å². The number of para-hydroxylation sites is 1. The summed E-state index contributed by atoms with van der Waals surface area (Å²) in [5.74, 6) is -0.247. The van der Waals surface area contributed by atoms with Crippen molar-refractivity contribution in [3.8, 4) is 11.5 Å². The number of nitrogens with one attached hydrogen (secondary N) is 2. The van der Waals surface area contributed by atoms with Crippen molar-refractivity contribution in [2.75, 3.05) is 7.11 Å². The van der Waals surface area contributed by atoms with Gasteiger partial charge in [0.2, 0.25) is 0 Å². The minimum atomic E-state index is -0.837. The number of rotatable bonds is 8. The van der Waals surface area contributed by atoms with Crippen LogP contribution in [0.5, 0.6) is 11.5 Å². The summed E-state index contributed by atoms with van der Waals surface area (Å²) < 4.78 is 31.0. The fourth-order valence-electron chi connectivity index (χ4n) is 3.49. The van der Waals surface area contributed by atoms with Crippen LogP contribution in [0.2, 0.25) is 0 Å². The van der Waals surface area contributed by atoms with Gasteiger partial charge in [-0.25, -0.2) is 14.0 Å². The molecule has 0 aromatic heterocycles. The van der Waals surface area contributed by atoms with E-state index in [0.717, 1.165) is 0 Å². The zero-order valence-electron chi connectivity index (χ0n) is 18.5. The van der Waals surface area contributed by atoms with E-state index in [0.29, 0.717) is 34.7 Å². The first kappa shape index (κ1) is 23.1. The molecule has 170 valence electrons. The highest BCUT2D eigenvalue weighted by molar-refractivity contribution is 5.95. The standard InChI is InChI=1S/C24H27FN2O5/c1-5-18-20(23(28)32-14(2)3)21(27-24(29)26-18)16-10-8-12-19(30-4)22(16)31-13-15-9-6-7-11-17(15)25/h6-12,14,21H,5,13H2,1-4H3,(H2,26,27,29). The molecule has 1 aliphatic rings. The van der Waals surface area contributed by atoms with Gasteiger partial charge in [-0.3, -0.25) is 0 Å². The van der Waals surface area contributed by atoms with Gasteiger partial charge in [-0.2, -0.15) is 0 Å². The molecule has 3 rings (SSSR count). The van der Waals surface area contributed by atoms with Crippen LogP contribution in [-0.4, -0.2) is 25.2 Å². The second-order valence-electron chi connectivity index (χ2n) is 7.49. The van der Waals surface area contributed by atoms with E-state index in [1.54, 1.807) is 50.2 Å². The third kappa shape index (κ3) is 5.01. The van der Waals surface area contributed by atoms with Crippen LogP contribution in [-0.2, 0) is 16.1 Å². The fourth-order valence-corrected chi connectivity index (χ4v) is 3.49. The lowest BCUT2D eigenvalue weighted by molar-refractivity contribution is -0.143. The molecule has 0 saturated carbocycles. The fraction of sp³-hybridized carbons (Fsp3) is 0.333. The molecule has 2 aromatic carbocycles. The minimum Gasteiger partial charge on any atom is -0.493 e. The molecule has 1 atom stereocenters. The van der Waals surface area contributed by atoms with E-state index in [9.17, 15) is 14.0 Å². The van der Waals surface area contributed by atoms with E-state index in [4.69, 9.17) is 14.2 Å². The second-order valence-corrected chi connectivity index (χ2v) is 7.49. The Balaban J connectivity index is 2.06. The summed E-state index contributed by atoms with van der Waals surface area (Å²) >= 11 is 0. The maximum absolute atomic E-state index is 14.1. The predicted octanol–water partition coefficient (Wildman–Crippen LogP) is 4.38. The Labute approximate surface area is 186 Å². The quantitative estimate of drug-likeness (QED) is 0.593. The summed E-state index contributed by atoms with van der Waals surface area (Å²) in [5, 5.41) is 5.47. The van der Waals surface area contributed by atoms with Crippen LogP contribution < -0.4 is 20.1 Å². The Hall–Kier alpha value is -3.55. The van der Waals surface area contributed by atoms with Crippen molar-refractivity contribution >= 4 is 12.0 Å². The molecule has 7 nitrogen and oxygen atoms in total. The first-order valence-corrected chi connectivity index (χ1v) is 10.4. The monoisotopic (exact) mass is 442 g/mol. The third-order valence-electron chi connectivity index (χ3n) is 4.94. The van der Waals surface area contributed by atoms with Crippen molar-refractivity contribution < 1.29 is 28.2 Å². The number of carbonyl (C=O) groups is 2. The topological polar surface area (TPSA) is 85.9 Å². The lowest BCUT2D eigenvalue weighted by Gasteiger charge is -2.30. The Kier molecular flexibility index (Phi) is 7.35. The molecule has 32 heavy (non-hydrogen) atoms. The van der Waals surface area contributed by atoms with Crippen molar-refractivity contribution in [1.29, 1.82) is 0 Å². The molecule has 2 amide bonds. The van der Waals surface area contributed by atoms with Gasteiger partial charge in [0.25, 0.3) is 0 Å². The maximum atomic E-state index is 14.1. The summed E-state index contributed by atoms with van der Waals surface area (Å²) in [6, 6.07) is 10.2. The molecule has 2 aromatic rings. The number of ether oxygens (including phenoxy) is 3. The molecular formula is C24H27FN2O5. The van der Waals surface area contributed by atoms with E-state index in [1.165, 1.54) is 13.2 Å². The molecule has 0 saturated heterocycles. The molecule has 0 radical (unpaired) electrons. The number of halogens is 1. The molecule has 0 aliphatic carbocycles. The van der Waals surface area contributed by atoms with Gasteiger partial charge in [0.05, 0.1) is 24.8 Å². The molecule has 1 aliphatic heterocycles. The molecule has 2 N–H and O–H groups in total. The maximum Gasteiger partial charge on any atom is 0.338 e. The van der Waals surface area contributed by atoms with Crippen molar-refractivity contribution in [2.24, 2.45) is 0 Å². The van der Waals surface area contributed by atoms with Crippen molar-refractivity contribution in [1.82, 2.24) is 10.6 Å². The zero-order valence-corrected chi connectivity index (χ0v) is 18.5. The Morgan fingerprint density at radius 3 is 2.56 bits per heavy atom. The number of amides is 2. The molecular weight excluding hydrogens is 415 g/mol. The number of carbonyl (C=O) groups excluding carboxylic acids is 2. The van der Waals surface area contributed by atoms with Crippen LogP contribution in [0.3, 0.4) is 0 Å². The second kappa shape index (κ2) is 10.2. The largest absolute Gasteiger partial charge is 0.493 e. The summed E-state index contributed by atoms with van der Waals surface area (Å²) in [7, 11) is 1.48. The van der Waals surface area contributed by atoms with E-state index in [-0.39, 0.29) is 18.3 Å². The highest BCUT2D eigenvalue weighted by atomic mass is 19.1. The van der Waals surface area contributed by atoms with Crippen molar-refractivity contribution in [3.63, 3.8) is 0 Å². The van der Waals surface area contributed by atoms with E-state index in [2.05, 4.69) is 10.6 Å². The third-order valence-corrected chi connectivity index (χ3v) is 4.94. The summed E-state index contributed by atoms with van der Waals surface area (Å²) in [6.07, 6.45) is 0.0791. The SMILES string of the molecule is CCC1=C(C(=O)OC(C)C)C(c2cccc(OC)c2OCc2ccccc2F)NC(=O)N1. The Morgan fingerprint density at radius 2 is 1.91 bits per heavy atom. The first-order chi connectivity index (χ1) is 15.3. The summed E-state index contributed by atoms with van der Waals surface area (Å²) in [5.41, 5.74) is 1.61.